The summed E-state index contributed by atoms with van der Waals surface area (Å²) in [6, 6.07) is -0.907. The Morgan fingerprint density at radius 1 is 0.500 bits per heavy atom. The first-order valence-corrected chi connectivity index (χ1v) is 31.1. The van der Waals surface area contributed by atoms with Gasteiger partial charge < -0.3 is 28.8 Å². The molecule has 1 amide bonds. The molecule has 410 valence electrons. The maximum absolute atomic E-state index is 13.0. The summed E-state index contributed by atoms with van der Waals surface area (Å²) in [7, 11) is 1.24. The minimum atomic E-state index is -4.61. The van der Waals surface area contributed by atoms with Crippen molar-refractivity contribution in [1.82, 2.24) is 5.32 Å². The molecular weight excluding hydrogens is 888 g/mol. The number of hydrogen-bond acceptors (Lipinski definition) is 6. The number of aliphatic hydroxyl groups excluding tert-OH is 1. The average Bonchev–Trinajstić information content (AvgIpc) is 3.32. The quantitative estimate of drug-likeness (QED) is 0.0272. The van der Waals surface area contributed by atoms with E-state index in [4.69, 9.17) is 9.05 Å². The molecular formula is C61H115N2O6P. The van der Waals surface area contributed by atoms with Gasteiger partial charge in [0.05, 0.1) is 39.9 Å². The van der Waals surface area contributed by atoms with Crippen molar-refractivity contribution in [2.45, 2.75) is 283 Å². The van der Waals surface area contributed by atoms with Crippen LogP contribution in [0.3, 0.4) is 0 Å². The number of allylic oxidation sites excluding steroid dienone is 9. The first-order valence-electron chi connectivity index (χ1n) is 29.7. The molecule has 8 nitrogen and oxygen atoms in total. The van der Waals surface area contributed by atoms with Crippen molar-refractivity contribution >= 4 is 13.7 Å². The third-order valence-corrected chi connectivity index (χ3v) is 14.2. The van der Waals surface area contributed by atoms with Crippen molar-refractivity contribution in [3.63, 3.8) is 0 Å². The van der Waals surface area contributed by atoms with Gasteiger partial charge in [0.2, 0.25) is 5.91 Å². The van der Waals surface area contributed by atoms with Gasteiger partial charge in [-0.25, -0.2) is 0 Å². The van der Waals surface area contributed by atoms with Gasteiger partial charge in [0, 0.05) is 6.42 Å². The molecule has 0 aromatic rings. The third-order valence-electron chi connectivity index (χ3n) is 13.2. The fourth-order valence-electron chi connectivity index (χ4n) is 8.53. The van der Waals surface area contributed by atoms with Gasteiger partial charge in [-0.2, -0.15) is 0 Å². The normalized spacial score (nSPS) is 14.3. The van der Waals surface area contributed by atoms with Gasteiger partial charge in [-0.3, -0.25) is 9.36 Å². The van der Waals surface area contributed by atoms with Crippen LogP contribution >= 0.6 is 7.82 Å². The van der Waals surface area contributed by atoms with Crippen LogP contribution in [0.2, 0.25) is 0 Å². The van der Waals surface area contributed by atoms with E-state index in [0.717, 1.165) is 51.4 Å². The number of aliphatic hydroxyl groups is 1. The van der Waals surface area contributed by atoms with Crippen LogP contribution in [0, 0.1) is 0 Å². The highest BCUT2D eigenvalue weighted by Crippen LogP contribution is 2.38. The molecule has 0 aromatic heterocycles. The van der Waals surface area contributed by atoms with Crippen LogP contribution in [0.25, 0.3) is 0 Å². The number of nitrogens with one attached hydrogen (secondary N) is 1. The standard InChI is InChI=1S/C61H115N2O6P/c1-6-8-10-12-14-16-18-20-22-24-26-28-29-30-31-32-33-35-37-39-41-43-45-47-49-51-53-55-61(65)62-59(58-69-70(66,67)68-57-56-63(3,4)5)60(64)54-52-50-48-46-44-42-40-38-36-34-27-25-23-21-19-17-15-13-11-9-7-2/h18,20,24,26,29-30,44,46,52,54,59-60,64H,6-17,19,21-23,25,27-28,31-43,45,47-51,53,55-58H2,1-5H3,(H-,62,65,66,67)/b20-18-,26-24-,30-29-,46-44+,54-52+. The molecule has 3 atom stereocenters. The maximum atomic E-state index is 13.0. The molecule has 0 saturated carbocycles. The number of nitrogens with zero attached hydrogens (tertiary/aromatic N) is 1. The molecule has 0 aliphatic heterocycles. The van der Waals surface area contributed by atoms with Gasteiger partial charge in [-0.1, -0.05) is 254 Å². The zero-order valence-electron chi connectivity index (χ0n) is 46.7. The van der Waals surface area contributed by atoms with Gasteiger partial charge in [-0.15, -0.1) is 0 Å². The van der Waals surface area contributed by atoms with Crippen molar-refractivity contribution in [2.75, 3.05) is 40.9 Å². The third kappa shape index (κ3) is 54.0. The lowest BCUT2D eigenvalue weighted by Gasteiger charge is -2.29. The van der Waals surface area contributed by atoms with E-state index in [9.17, 15) is 19.4 Å². The summed E-state index contributed by atoms with van der Waals surface area (Å²) in [4.78, 5) is 25.5. The second-order valence-electron chi connectivity index (χ2n) is 21.3. The predicted molar refractivity (Wildman–Crippen MR) is 302 cm³/mol. The highest BCUT2D eigenvalue weighted by Gasteiger charge is 2.23. The molecule has 0 heterocycles. The number of hydrogen-bond donors (Lipinski definition) is 2. The smallest absolute Gasteiger partial charge is 0.268 e. The molecule has 0 aliphatic carbocycles. The minimum absolute atomic E-state index is 0.00801. The Morgan fingerprint density at radius 2 is 0.843 bits per heavy atom. The van der Waals surface area contributed by atoms with Crippen LogP contribution in [0.5, 0.6) is 0 Å². The number of phosphoric acid groups is 1. The molecule has 0 spiro atoms. The lowest BCUT2D eigenvalue weighted by atomic mass is 10.0. The number of likely N-dealkylation sites (N-methyl/N-ethyl adjacent to an activating group) is 1. The van der Waals surface area contributed by atoms with E-state index in [1.807, 2.05) is 27.2 Å². The molecule has 0 saturated heterocycles. The molecule has 3 unspecified atom stereocenters. The Morgan fingerprint density at radius 3 is 1.26 bits per heavy atom. The summed E-state index contributed by atoms with van der Waals surface area (Å²) in [5.41, 5.74) is 0. The van der Waals surface area contributed by atoms with Crippen LogP contribution in [0.1, 0.15) is 271 Å². The lowest BCUT2D eigenvalue weighted by Crippen LogP contribution is -2.45. The molecule has 0 aliphatic rings. The van der Waals surface area contributed by atoms with Crippen LogP contribution in [0.15, 0.2) is 60.8 Å². The first-order chi connectivity index (χ1) is 34.0. The largest absolute Gasteiger partial charge is 0.756 e. The number of phosphoric ester groups is 1. The van der Waals surface area contributed by atoms with E-state index in [2.05, 4.69) is 67.8 Å². The van der Waals surface area contributed by atoms with E-state index >= 15 is 0 Å². The summed E-state index contributed by atoms with van der Waals surface area (Å²) in [6.07, 6.45) is 70.1. The van der Waals surface area contributed by atoms with Crippen molar-refractivity contribution in [1.29, 1.82) is 0 Å². The van der Waals surface area contributed by atoms with E-state index < -0.39 is 26.6 Å². The Kier molecular flexibility index (Phi) is 50.7. The van der Waals surface area contributed by atoms with E-state index in [1.165, 1.54) is 199 Å². The number of rotatable bonds is 54. The summed E-state index contributed by atoms with van der Waals surface area (Å²) >= 11 is 0. The van der Waals surface area contributed by atoms with Crippen molar-refractivity contribution in [3.05, 3.63) is 60.8 Å². The average molecular weight is 1000 g/mol. The zero-order chi connectivity index (χ0) is 51.3. The monoisotopic (exact) mass is 1000 g/mol. The summed E-state index contributed by atoms with van der Waals surface area (Å²) in [6.45, 7) is 4.64. The molecule has 0 rings (SSSR count). The second-order valence-corrected chi connectivity index (χ2v) is 22.8. The SMILES string of the molecule is CCCCCCC/C=C\C/C=C\C/C=C\CCCCCCCCCCCCCCC(=O)NC(COP(=O)([O-])OCC[N+](C)(C)C)C(O)/C=C/CC/C=C/CCCCCCCCCCCCCCCCC. The van der Waals surface area contributed by atoms with E-state index in [0.29, 0.717) is 17.4 Å². The van der Waals surface area contributed by atoms with Crippen LogP contribution < -0.4 is 10.2 Å². The predicted octanol–water partition coefficient (Wildman–Crippen LogP) is 17.5. The zero-order valence-corrected chi connectivity index (χ0v) is 47.6. The molecule has 0 fully saturated rings. The molecule has 0 radical (unpaired) electrons. The number of amides is 1. The van der Waals surface area contributed by atoms with Crippen molar-refractivity contribution in [2.24, 2.45) is 0 Å². The van der Waals surface area contributed by atoms with E-state index in [-0.39, 0.29) is 12.5 Å². The van der Waals surface area contributed by atoms with Crippen LogP contribution in [-0.4, -0.2) is 68.5 Å². The number of carbonyl (C=O) groups excluding carboxylic acids is 1. The van der Waals surface area contributed by atoms with Crippen LogP contribution in [-0.2, 0) is 18.4 Å². The fraction of sp³-hybridized carbons (Fsp3) is 0.820. The Labute approximate surface area is 434 Å². The summed E-state index contributed by atoms with van der Waals surface area (Å²) in [5.74, 6) is -0.208. The summed E-state index contributed by atoms with van der Waals surface area (Å²) in [5, 5.41) is 13.9. The Hall–Kier alpha value is -1.80. The van der Waals surface area contributed by atoms with Crippen molar-refractivity contribution in [3.8, 4) is 0 Å². The highest BCUT2D eigenvalue weighted by atomic mass is 31.2. The fourth-order valence-corrected chi connectivity index (χ4v) is 9.25. The molecule has 0 aromatic carbocycles. The first kappa shape index (κ1) is 68.2. The van der Waals surface area contributed by atoms with Gasteiger partial charge >= 0.3 is 0 Å². The molecule has 9 heteroatoms. The van der Waals surface area contributed by atoms with Gasteiger partial charge in [0.15, 0.2) is 0 Å². The van der Waals surface area contributed by atoms with Crippen LogP contribution in [0.4, 0.5) is 0 Å². The lowest BCUT2D eigenvalue weighted by molar-refractivity contribution is -0.870. The Balaban J connectivity index is 4.23. The molecule has 0 bridgehead atoms. The number of carbonyl (C=O) groups is 1. The summed E-state index contributed by atoms with van der Waals surface area (Å²) < 4.78 is 23.3. The maximum Gasteiger partial charge on any atom is 0.268 e. The van der Waals surface area contributed by atoms with Gasteiger partial charge in [-0.05, 0) is 70.6 Å². The van der Waals surface area contributed by atoms with Gasteiger partial charge in [0.25, 0.3) is 7.82 Å². The van der Waals surface area contributed by atoms with E-state index in [1.54, 1.807) is 6.08 Å². The number of unbranched alkanes of at least 4 members (excludes halogenated alkanes) is 33. The molecule has 70 heavy (non-hydrogen) atoms. The molecule has 2 N–H and O–H groups in total. The second kappa shape index (κ2) is 52.1. The minimum Gasteiger partial charge on any atom is -0.756 e. The van der Waals surface area contributed by atoms with Crippen molar-refractivity contribution < 1.29 is 32.9 Å². The van der Waals surface area contributed by atoms with Gasteiger partial charge in [0.1, 0.15) is 13.2 Å². The topological polar surface area (TPSA) is 108 Å². The number of quaternary nitrogens is 1. The Bertz CT molecular complexity index is 1320. The highest BCUT2D eigenvalue weighted by molar-refractivity contribution is 7.45.